The maximum absolute atomic E-state index is 13.2. The van der Waals surface area contributed by atoms with Crippen molar-refractivity contribution in [2.24, 2.45) is 5.92 Å². The molecule has 1 fully saturated rings. The monoisotopic (exact) mass is 385 g/mol. The van der Waals surface area contributed by atoms with Crippen LogP contribution < -0.4 is 9.80 Å². The van der Waals surface area contributed by atoms with Crippen molar-refractivity contribution in [1.82, 2.24) is 20.2 Å². The van der Waals surface area contributed by atoms with Gasteiger partial charge < -0.3 is 14.2 Å². The molecule has 148 valence electrons. The van der Waals surface area contributed by atoms with Crippen molar-refractivity contribution < 1.29 is 13.7 Å². The van der Waals surface area contributed by atoms with Gasteiger partial charge in [-0.2, -0.15) is 0 Å². The summed E-state index contributed by atoms with van der Waals surface area (Å²) >= 11 is 0. The van der Waals surface area contributed by atoms with Gasteiger partial charge in [-0.3, -0.25) is 0 Å². The van der Waals surface area contributed by atoms with Crippen molar-refractivity contribution in [3.8, 4) is 0 Å². The van der Waals surface area contributed by atoms with Gasteiger partial charge in [-0.1, -0.05) is 13.8 Å². The molecule has 0 saturated carbocycles. The smallest absolute Gasteiger partial charge is 0.210 e. The van der Waals surface area contributed by atoms with E-state index in [9.17, 15) is 4.39 Å². The Labute approximate surface area is 163 Å². The van der Waals surface area contributed by atoms with Gasteiger partial charge in [0.1, 0.15) is 18.1 Å². The molecule has 0 unspecified atom stereocenters. The van der Waals surface area contributed by atoms with Crippen molar-refractivity contribution in [3.63, 3.8) is 0 Å². The zero-order valence-corrected chi connectivity index (χ0v) is 16.3. The van der Waals surface area contributed by atoms with E-state index in [4.69, 9.17) is 4.42 Å². The number of benzene rings is 1. The van der Waals surface area contributed by atoms with E-state index in [0.717, 1.165) is 43.5 Å². The molecule has 4 rings (SSSR count). The number of nitrogens with one attached hydrogen (secondary N) is 1. The Kier molecular flexibility index (Phi) is 5.38. The molecule has 2 aromatic heterocycles. The van der Waals surface area contributed by atoms with Crippen molar-refractivity contribution in [2.45, 2.75) is 26.4 Å². The lowest BCUT2D eigenvalue weighted by molar-refractivity contribution is -0.937. The number of anilines is 1. The molecule has 1 atom stereocenters. The zero-order chi connectivity index (χ0) is 19.5. The summed E-state index contributed by atoms with van der Waals surface area (Å²) in [5.74, 6) is 1.94. The van der Waals surface area contributed by atoms with E-state index >= 15 is 0 Å². The van der Waals surface area contributed by atoms with Gasteiger partial charge in [0.15, 0.2) is 6.04 Å². The molecule has 3 aromatic rings. The van der Waals surface area contributed by atoms with E-state index in [2.05, 4.69) is 34.3 Å². The third-order valence-corrected chi connectivity index (χ3v) is 5.43. The fourth-order valence-corrected chi connectivity index (χ4v) is 4.06. The number of piperazine rings is 1. The minimum absolute atomic E-state index is 0.198. The minimum Gasteiger partial charge on any atom is -0.467 e. The predicted molar refractivity (Wildman–Crippen MR) is 103 cm³/mol. The standard InChI is InChI=1S/C20H25FN6O/c1-15(2)19(20-22-23-24-27(20)14-18-4-3-13-28-18)26-11-9-25(10-12-26)17-7-5-16(21)6-8-17/h3-8,13,15,19H,9-12,14H2,1-2H3/p+1/t19-/m1/s1. The molecule has 8 heteroatoms. The molecule has 1 aliphatic rings. The Hall–Kier alpha value is -2.74. The van der Waals surface area contributed by atoms with Crippen LogP contribution in [-0.4, -0.2) is 46.4 Å². The number of aromatic nitrogens is 4. The van der Waals surface area contributed by atoms with Crippen LogP contribution in [0.3, 0.4) is 0 Å². The maximum Gasteiger partial charge on any atom is 0.210 e. The van der Waals surface area contributed by atoms with Gasteiger partial charge in [-0.15, -0.1) is 5.10 Å². The second-order valence-electron chi connectivity index (χ2n) is 7.62. The van der Waals surface area contributed by atoms with Crippen molar-refractivity contribution >= 4 is 5.69 Å². The number of furan rings is 1. The molecular weight excluding hydrogens is 359 g/mol. The first-order chi connectivity index (χ1) is 13.6. The molecule has 0 amide bonds. The first kappa shape index (κ1) is 18.6. The predicted octanol–water partition coefficient (Wildman–Crippen LogP) is 1.56. The molecule has 1 aliphatic heterocycles. The summed E-state index contributed by atoms with van der Waals surface area (Å²) in [6, 6.07) is 10.8. The fraction of sp³-hybridized carbons (Fsp3) is 0.450. The average molecular weight is 385 g/mol. The number of hydrogen-bond donors (Lipinski definition) is 1. The second-order valence-corrected chi connectivity index (χ2v) is 7.62. The van der Waals surface area contributed by atoms with Crippen LogP contribution in [0, 0.1) is 11.7 Å². The topological polar surface area (TPSA) is 64.4 Å². The third kappa shape index (κ3) is 3.91. The lowest BCUT2D eigenvalue weighted by Crippen LogP contribution is -3.15. The first-order valence-corrected chi connectivity index (χ1v) is 9.75. The van der Waals surface area contributed by atoms with E-state index in [1.807, 2.05) is 28.9 Å². The molecule has 3 heterocycles. The van der Waals surface area contributed by atoms with Gasteiger partial charge in [0.2, 0.25) is 5.82 Å². The third-order valence-electron chi connectivity index (χ3n) is 5.43. The summed E-state index contributed by atoms with van der Waals surface area (Å²) in [5.41, 5.74) is 1.07. The second kappa shape index (κ2) is 8.10. The van der Waals surface area contributed by atoms with Gasteiger partial charge in [0.25, 0.3) is 0 Å². The Morgan fingerprint density at radius 3 is 2.54 bits per heavy atom. The quantitative estimate of drug-likeness (QED) is 0.698. The highest BCUT2D eigenvalue weighted by molar-refractivity contribution is 5.46. The minimum atomic E-state index is -0.198. The van der Waals surface area contributed by atoms with E-state index < -0.39 is 0 Å². The van der Waals surface area contributed by atoms with Crippen LogP contribution in [0.25, 0.3) is 0 Å². The molecule has 1 saturated heterocycles. The maximum atomic E-state index is 13.2. The van der Waals surface area contributed by atoms with Crippen LogP contribution in [0.15, 0.2) is 47.1 Å². The molecule has 0 aliphatic carbocycles. The Bertz CT molecular complexity index is 869. The number of quaternary nitrogens is 1. The van der Waals surface area contributed by atoms with Crippen molar-refractivity contribution in [3.05, 3.63) is 60.1 Å². The number of rotatable bonds is 6. The molecule has 0 spiro atoms. The van der Waals surface area contributed by atoms with Crippen LogP contribution in [0.5, 0.6) is 0 Å². The molecule has 1 aromatic carbocycles. The Balaban J connectivity index is 1.48. The zero-order valence-electron chi connectivity index (χ0n) is 16.3. The summed E-state index contributed by atoms with van der Waals surface area (Å²) in [6.45, 7) is 8.77. The number of hydrogen-bond acceptors (Lipinski definition) is 5. The van der Waals surface area contributed by atoms with Gasteiger partial charge in [-0.25, -0.2) is 9.07 Å². The van der Waals surface area contributed by atoms with Crippen molar-refractivity contribution in [2.75, 3.05) is 31.1 Å². The highest BCUT2D eigenvalue weighted by Crippen LogP contribution is 2.19. The largest absolute Gasteiger partial charge is 0.467 e. The summed E-state index contributed by atoms with van der Waals surface area (Å²) in [4.78, 5) is 3.79. The van der Waals surface area contributed by atoms with Gasteiger partial charge >= 0.3 is 0 Å². The molecule has 7 nitrogen and oxygen atoms in total. The summed E-state index contributed by atoms with van der Waals surface area (Å²) < 4.78 is 20.5. The highest BCUT2D eigenvalue weighted by Gasteiger charge is 2.35. The number of halogens is 1. The number of nitrogens with zero attached hydrogens (tertiary/aromatic N) is 5. The van der Waals surface area contributed by atoms with E-state index in [-0.39, 0.29) is 11.9 Å². The molecule has 0 radical (unpaired) electrons. The highest BCUT2D eigenvalue weighted by atomic mass is 19.1. The Morgan fingerprint density at radius 2 is 1.89 bits per heavy atom. The van der Waals surface area contributed by atoms with Gasteiger partial charge in [0, 0.05) is 11.6 Å². The Morgan fingerprint density at radius 1 is 1.14 bits per heavy atom. The fourth-order valence-electron chi connectivity index (χ4n) is 4.06. The van der Waals surface area contributed by atoms with Crippen LogP contribution >= 0.6 is 0 Å². The SMILES string of the molecule is CC(C)[C@H](c1nnnn1Cc1ccco1)[NH+]1CCN(c2ccc(F)cc2)CC1. The first-order valence-electron chi connectivity index (χ1n) is 9.75. The van der Waals surface area contributed by atoms with E-state index in [1.165, 1.54) is 17.0 Å². The lowest BCUT2D eigenvalue weighted by Gasteiger charge is -2.38. The lowest BCUT2D eigenvalue weighted by atomic mass is 10.0. The molecular formula is C20H26FN6O+. The number of tetrazole rings is 1. The van der Waals surface area contributed by atoms with Crippen LogP contribution in [0.1, 0.15) is 31.5 Å². The average Bonchev–Trinajstić information content (AvgIpc) is 3.36. The summed E-state index contributed by atoms with van der Waals surface area (Å²) in [5, 5.41) is 12.5. The molecule has 0 bridgehead atoms. The van der Waals surface area contributed by atoms with Gasteiger partial charge in [-0.05, 0) is 46.8 Å². The van der Waals surface area contributed by atoms with E-state index in [0.29, 0.717) is 12.5 Å². The molecule has 28 heavy (non-hydrogen) atoms. The van der Waals surface area contributed by atoms with Crippen LogP contribution in [0.2, 0.25) is 0 Å². The van der Waals surface area contributed by atoms with Gasteiger partial charge in [0.05, 0.1) is 32.4 Å². The molecule has 1 N–H and O–H groups in total. The van der Waals surface area contributed by atoms with Crippen molar-refractivity contribution in [1.29, 1.82) is 0 Å². The van der Waals surface area contributed by atoms with Crippen LogP contribution in [-0.2, 0) is 6.54 Å². The van der Waals surface area contributed by atoms with E-state index in [1.54, 1.807) is 6.26 Å². The summed E-state index contributed by atoms with van der Waals surface area (Å²) in [6.07, 6.45) is 1.67. The summed E-state index contributed by atoms with van der Waals surface area (Å²) in [7, 11) is 0. The normalized spacial score (nSPS) is 16.6. The van der Waals surface area contributed by atoms with Crippen LogP contribution in [0.4, 0.5) is 10.1 Å².